The van der Waals surface area contributed by atoms with Crippen LogP contribution in [0.15, 0.2) is 12.7 Å². The van der Waals surface area contributed by atoms with Crippen LogP contribution in [-0.4, -0.2) is 39.0 Å². The second-order valence-corrected chi connectivity index (χ2v) is 3.65. The summed E-state index contributed by atoms with van der Waals surface area (Å²) in [6, 6.07) is 0. The summed E-state index contributed by atoms with van der Waals surface area (Å²) in [5, 5.41) is 5.24. The number of hydrogen-bond donors (Lipinski definition) is 2. The van der Waals surface area contributed by atoms with Crippen molar-refractivity contribution < 1.29 is 19.1 Å². The van der Waals surface area contributed by atoms with Crippen molar-refractivity contribution in [2.75, 3.05) is 26.8 Å². The third-order valence-corrected chi connectivity index (χ3v) is 2.16. The van der Waals surface area contributed by atoms with E-state index in [4.69, 9.17) is 4.74 Å². The van der Waals surface area contributed by atoms with Crippen LogP contribution in [0.25, 0.3) is 0 Å². The fraction of sp³-hybridized carbons (Fsp3) is 0.667. The Hall–Kier alpha value is -1.72. The molecule has 6 heteroatoms. The van der Waals surface area contributed by atoms with Crippen molar-refractivity contribution in [3.63, 3.8) is 0 Å². The van der Waals surface area contributed by atoms with Gasteiger partial charge in [0.05, 0.1) is 7.11 Å². The Bertz CT molecular complexity index is 256. The molecule has 6 nitrogen and oxygen atoms in total. The van der Waals surface area contributed by atoms with E-state index in [9.17, 15) is 9.59 Å². The van der Waals surface area contributed by atoms with Crippen molar-refractivity contribution in [3.05, 3.63) is 12.7 Å². The molecule has 0 aliphatic carbocycles. The van der Waals surface area contributed by atoms with E-state index in [1.54, 1.807) is 0 Å². The Morgan fingerprint density at radius 2 is 1.61 bits per heavy atom. The van der Waals surface area contributed by atoms with E-state index in [0.717, 1.165) is 25.7 Å². The molecule has 0 aliphatic heterocycles. The molecule has 2 amide bonds. The minimum Gasteiger partial charge on any atom is -0.453 e. The molecule has 0 rings (SSSR count). The molecule has 0 aromatic carbocycles. The molecule has 0 saturated heterocycles. The third-order valence-electron chi connectivity index (χ3n) is 2.16. The van der Waals surface area contributed by atoms with Crippen LogP contribution in [0.2, 0.25) is 0 Å². The van der Waals surface area contributed by atoms with Gasteiger partial charge in [-0.25, -0.2) is 9.59 Å². The summed E-state index contributed by atoms with van der Waals surface area (Å²) >= 11 is 0. The van der Waals surface area contributed by atoms with Crippen LogP contribution in [0, 0.1) is 0 Å². The maximum absolute atomic E-state index is 11.0. The first-order valence-electron chi connectivity index (χ1n) is 6.04. The number of alkyl carbamates (subject to hydrolysis) is 2. The minimum atomic E-state index is -0.415. The average Bonchev–Trinajstić information content (AvgIpc) is 2.38. The number of amides is 2. The van der Waals surface area contributed by atoms with E-state index in [1.165, 1.54) is 13.2 Å². The molecule has 0 unspecified atom stereocenters. The van der Waals surface area contributed by atoms with E-state index in [0.29, 0.717) is 13.1 Å². The molecule has 0 aromatic rings. The Labute approximate surface area is 108 Å². The molecular formula is C12H22N2O4. The maximum Gasteiger partial charge on any atom is 0.407 e. The summed E-state index contributed by atoms with van der Waals surface area (Å²) in [7, 11) is 1.34. The molecule has 0 radical (unpaired) electrons. The molecule has 0 aromatic heterocycles. The number of rotatable bonds is 9. The Kier molecular flexibility index (Phi) is 10.6. The number of methoxy groups -OCH3 is 1. The van der Waals surface area contributed by atoms with E-state index in [1.807, 2.05) is 0 Å². The van der Waals surface area contributed by atoms with Crippen LogP contribution in [0.3, 0.4) is 0 Å². The monoisotopic (exact) mass is 258 g/mol. The van der Waals surface area contributed by atoms with Gasteiger partial charge in [0.25, 0.3) is 0 Å². The lowest BCUT2D eigenvalue weighted by atomic mass is 10.2. The third kappa shape index (κ3) is 10.8. The first-order chi connectivity index (χ1) is 8.70. The van der Waals surface area contributed by atoms with Gasteiger partial charge in [-0.3, -0.25) is 0 Å². The van der Waals surface area contributed by atoms with Crippen molar-refractivity contribution in [2.45, 2.75) is 25.7 Å². The van der Waals surface area contributed by atoms with Gasteiger partial charge in [0.1, 0.15) is 6.61 Å². The zero-order chi connectivity index (χ0) is 13.6. The highest BCUT2D eigenvalue weighted by Crippen LogP contribution is 1.98. The summed E-state index contributed by atoms with van der Waals surface area (Å²) in [6.07, 6.45) is 4.48. The minimum absolute atomic E-state index is 0.227. The highest BCUT2D eigenvalue weighted by molar-refractivity contribution is 5.67. The number of carbonyl (C=O) groups excluding carboxylic acids is 2. The molecule has 0 saturated carbocycles. The molecule has 0 heterocycles. The quantitative estimate of drug-likeness (QED) is 0.488. The van der Waals surface area contributed by atoms with Gasteiger partial charge in [-0.05, 0) is 12.8 Å². The van der Waals surface area contributed by atoms with Crippen molar-refractivity contribution in [1.29, 1.82) is 0 Å². The Morgan fingerprint density at radius 1 is 1.06 bits per heavy atom. The molecule has 18 heavy (non-hydrogen) atoms. The smallest absolute Gasteiger partial charge is 0.407 e. The van der Waals surface area contributed by atoms with Crippen LogP contribution in [0.4, 0.5) is 9.59 Å². The van der Waals surface area contributed by atoms with Gasteiger partial charge >= 0.3 is 12.2 Å². The highest BCUT2D eigenvalue weighted by Gasteiger charge is 1.99. The molecule has 104 valence electrons. The fourth-order valence-electron chi connectivity index (χ4n) is 1.24. The van der Waals surface area contributed by atoms with Gasteiger partial charge in [-0.1, -0.05) is 25.5 Å². The van der Waals surface area contributed by atoms with E-state index in [-0.39, 0.29) is 6.61 Å². The number of carbonyl (C=O) groups is 2. The summed E-state index contributed by atoms with van der Waals surface area (Å²) in [4.78, 5) is 21.7. The first-order valence-corrected chi connectivity index (χ1v) is 6.04. The van der Waals surface area contributed by atoms with Crippen molar-refractivity contribution >= 4 is 12.2 Å². The lowest BCUT2D eigenvalue weighted by molar-refractivity contribution is 0.158. The second-order valence-electron chi connectivity index (χ2n) is 3.65. The van der Waals surface area contributed by atoms with Gasteiger partial charge in [-0.2, -0.15) is 0 Å². The molecular weight excluding hydrogens is 236 g/mol. The molecule has 0 atom stereocenters. The fourth-order valence-corrected chi connectivity index (χ4v) is 1.24. The lowest BCUT2D eigenvalue weighted by Gasteiger charge is -2.05. The number of unbranched alkanes of at least 4 members (excludes halogenated alkanes) is 3. The predicted octanol–water partition coefficient (Wildman–Crippen LogP) is 1.81. The standard InChI is InChI=1S/C12H22N2O4/c1-3-10-18-12(16)14-9-7-5-4-6-8-13-11(15)17-2/h3H,1,4-10H2,2H3,(H,13,15)(H,14,16). The maximum atomic E-state index is 11.0. The first kappa shape index (κ1) is 16.3. The van der Waals surface area contributed by atoms with Crippen LogP contribution in [0.5, 0.6) is 0 Å². The van der Waals surface area contributed by atoms with Gasteiger partial charge < -0.3 is 20.1 Å². The summed E-state index contributed by atoms with van der Waals surface area (Å²) in [5.41, 5.74) is 0. The molecule has 2 N–H and O–H groups in total. The number of ether oxygens (including phenoxy) is 2. The molecule has 0 spiro atoms. The van der Waals surface area contributed by atoms with Crippen LogP contribution in [0.1, 0.15) is 25.7 Å². The van der Waals surface area contributed by atoms with Gasteiger partial charge in [-0.15, -0.1) is 0 Å². The van der Waals surface area contributed by atoms with Crippen LogP contribution >= 0.6 is 0 Å². The van der Waals surface area contributed by atoms with Crippen molar-refractivity contribution in [1.82, 2.24) is 10.6 Å². The van der Waals surface area contributed by atoms with Crippen molar-refractivity contribution in [2.24, 2.45) is 0 Å². The molecule has 0 fully saturated rings. The largest absolute Gasteiger partial charge is 0.453 e. The summed E-state index contributed by atoms with van der Waals surface area (Å²) < 4.78 is 9.18. The zero-order valence-electron chi connectivity index (χ0n) is 10.9. The topological polar surface area (TPSA) is 76.7 Å². The normalized spacial score (nSPS) is 9.39. The lowest BCUT2D eigenvalue weighted by Crippen LogP contribution is -2.25. The van der Waals surface area contributed by atoms with E-state index >= 15 is 0 Å². The summed E-state index contributed by atoms with van der Waals surface area (Å²) in [5.74, 6) is 0. The Balaban J connectivity index is 3.18. The van der Waals surface area contributed by atoms with Gasteiger partial charge in [0, 0.05) is 13.1 Å². The molecule has 0 aliphatic rings. The Morgan fingerprint density at radius 3 is 2.11 bits per heavy atom. The average molecular weight is 258 g/mol. The highest BCUT2D eigenvalue weighted by atomic mass is 16.5. The second kappa shape index (κ2) is 11.8. The SMILES string of the molecule is C=CCOC(=O)NCCCCCCNC(=O)OC. The number of hydrogen-bond acceptors (Lipinski definition) is 4. The van der Waals surface area contributed by atoms with E-state index in [2.05, 4.69) is 21.9 Å². The number of nitrogens with one attached hydrogen (secondary N) is 2. The van der Waals surface area contributed by atoms with Crippen LogP contribution < -0.4 is 10.6 Å². The van der Waals surface area contributed by atoms with Crippen molar-refractivity contribution in [3.8, 4) is 0 Å². The molecule has 0 bridgehead atoms. The summed E-state index contributed by atoms with van der Waals surface area (Å²) in [6.45, 7) is 4.88. The predicted molar refractivity (Wildman–Crippen MR) is 68.4 cm³/mol. The van der Waals surface area contributed by atoms with Gasteiger partial charge in [0.15, 0.2) is 0 Å². The van der Waals surface area contributed by atoms with Crippen LogP contribution in [-0.2, 0) is 9.47 Å². The van der Waals surface area contributed by atoms with Gasteiger partial charge in [0.2, 0.25) is 0 Å². The van der Waals surface area contributed by atoms with E-state index < -0.39 is 12.2 Å². The zero-order valence-corrected chi connectivity index (χ0v) is 10.9.